The van der Waals surface area contributed by atoms with Gasteiger partial charge in [0.2, 0.25) is 5.91 Å². The minimum atomic E-state index is -1.72. The van der Waals surface area contributed by atoms with Crippen LogP contribution in [-0.2, 0) is 57.1 Å². The summed E-state index contributed by atoms with van der Waals surface area (Å²) < 4.78 is 81.4. The SMILES string of the molecule is CCC1O[C@@H](O[C@@H]2C[C@@H](C(=O)CCCOCCCC(=O)C3CC(CC)[C@@H](O[C@@H]4OC(C)[C@@H](O)[C@H](O)C4O)[C@H](O[C@@H]4O[C@@H](CO)[C@H](O)C(O[C@@H](CC5CCCCC5)C(=O)O)C4NC(C)=O)C3)CC(n3cc(-c4cccc(F)c4)nn3)C2O)[C@H](O)C(n2cc(-c3cccc(F)c3)nn2)[C@H]1O. The topological polar surface area (TPSA) is 398 Å². The molecule has 10 unspecified atom stereocenters. The van der Waals surface area contributed by atoms with Gasteiger partial charge in [0.25, 0.3) is 0 Å². The monoisotopic (exact) mass is 1380 g/mol. The van der Waals surface area contributed by atoms with Gasteiger partial charge in [0.05, 0.1) is 55.6 Å². The van der Waals surface area contributed by atoms with E-state index in [1.165, 1.54) is 72.0 Å². The van der Waals surface area contributed by atoms with E-state index in [1.807, 2.05) is 6.92 Å². The minimum absolute atomic E-state index is 0.0193. The molecule has 0 bridgehead atoms. The van der Waals surface area contributed by atoms with Crippen LogP contribution < -0.4 is 5.32 Å². The molecule has 10 N–H and O–H groups in total. The summed E-state index contributed by atoms with van der Waals surface area (Å²) in [5.74, 6) is -5.12. The Hall–Kier alpha value is -5.78. The number of nitrogens with one attached hydrogen (secondary N) is 1. The van der Waals surface area contributed by atoms with Crippen molar-refractivity contribution in [2.45, 2.75) is 259 Å². The highest BCUT2D eigenvalue weighted by Gasteiger charge is 2.54. The zero-order chi connectivity index (χ0) is 70.1. The molecule has 3 saturated carbocycles. The first-order valence-electron chi connectivity index (χ1n) is 34.5. The lowest BCUT2D eigenvalue weighted by molar-refractivity contribution is -0.338. The van der Waals surface area contributed by atoms with E-state index >= 15 is 0 Å². The number of hydrogen-bond acceptors (Lipinski definition) is 24. The fraction of sp³-hybridized carbons (Fsp3) is 0.706. The Morgan fingerprint density at radius 1 is 0.653 bits per heavy atom. The Labute approximate surface area is 566 Å². The third-order valence-corrected chi connectivity index (χ3v) is 20.4. The van der Waals surface area contributed by atoms with Crippen molar-refractivity contribution < 1.29 is 112 Å². The number of carboxylic acids is 1. The zero-order valence-electron chi connectivity index (χ0n) is 55.5. The summed E-state index contributed by atoms with van der Waals surface area (Å²) in [7, 11) is 0. The zero-order valence-corrected chi connectivity index (χ0v) is 55.5. The highest BCUT2D eigenvalue weighted by molar-refractivity contribution is 5.81. The second-order valence-corrected chi connectivity index (χ2v) is 27.2. The fourth-order valence-electron chi connectivity index (χ4n) is 15.0. The van der Waals surface area contributed by atoms with Crippen molar-refractivity contribution >= 4 is 23.4 Å². The first kappa shape index (κ1) is 74.9. The van der Waals surface area contributed by atoms with Crippen molar-refractivity contribution in [2.24, 2.45) is 23.7 Å². The number of hydrogen-bond donors (Lipinski definition) is 10. The fourth-order valence-corrected chi connectivity index (χ4v) is 15.0. The number of Topliss-reactive ketones (excluding diaryl/α,β-unsaturated/α-hetero) is 2. The van der Waals surface area contributed by atoms with Crippen LogP contribution in [0.5, 0.6) is 0 Å². The third-order valence-electron chi connectivity index (χ3n) is 20.4. The van der Waals surface area contributed by atoms with Crippen molar-refractivity contribution in [1.82, 2.24) is 35.3 Å². The number of aliphatic hydroxyl groups is 8. The van der Waals surface area contributed by atoms with Crippen LogP contribution in [0.15, 0.2) is 60.9 Å². The van der Waals surface area contributed by atoms with Gasteiger partial charge in [-0.2, -0.15) is 0 Å². The Balaban J connectivity index is 0.791. The maximum atomic E-state index is 14.4. The molecule has 0 radical (unpaired) electrons. The molecular weight excluding hydrogens is 1290 g/mol. The summed E-state index contributed by atoms with van der Waals surface area (Å²) in [5.41, 5.74) is 1.40. The number of carboxylic acid groups (broad SMARTS) is 1. The second kappa shape index (κ2) is 34.3. The van der Waals surface area contributed by atoms with Gasteiger partial charge in [-0.3, -0.25) is 14.4 Å². The van der Waals surface area contributed by atoms with Gasteiger partial charge >= 0.3 is 5.97 Å². The van der Waals surface area contributed by atoms with Crippen molar-refractivity contribution in [3.8, 4) is 22.5 Å². The van der Waals surface area contributed by atoms with Gasteiger partial charge < -0.3 is 89.2 Å². The average Bonchev–Trinajstić information content (AvgIpc) is 1.02. The van der Waals surface area contributed by atoms with Crippen LogP contribution in [0.25, 0.3) is 22.5 Å². The molecule has 28 nitrogen and oxygen atoms in total. The van der Waals surface area contributed by atoms with Gasteiger partial charge in [-0.05, 0) is 94.4 Å². The van der Waals surface area contributed by atoms with Gasteiger partial charge in [-0.15, -0.1) is 10.2 Å². The van der Waals surface area contributed by atoms with Crippen molar-refractivity contribution in [3.05, 3.63) is 72.6 Å². The molecular formula is C68H95F2N7O21. The summed E-state index contributed by atoms with van der Waals surface area (Å²) in [4.78, 5) is 54.6. The number of ketones is 2. The predicted octanol–water partition coefficient (Wildman–Crippen LogP) is 3.42. The van der Waals surface area contributed by atoms with E-state index in [0.717, 1.165) is 32.1 Å². The van der Waals surface area contributed by atoms with Crippen LogP contribution in [0.3, 0.4) is 0 Å². The standard InChI is InChI=1S/C68H95F2N7O21/c1-5-37-25-40(30-51(63(37)98-68-62(88)61(87)56(82)34(3)92-68)96-66-54(71-35(4)79)64(59(85)53(33-78)97-66)93-52(65(89)90)24-36-14-8-7-9-15-36)47(80)20-12-22-91-23-13-21-48(81)41-28-46(76-31-44(72-74-76)38-16-10-18-42(69)26-38)57(83)50(29-41)95-67-60(86)55(58(84)49(6-2)94-67)77-32-45(73-75-77)39-17-11-19-43(70)27-39/h10-11,16-19,26-27,31-32,34,36-37,40-41,46,49-64,66-68,78,82-88H,5-9,12-15,20-25,28-30,33H2,1-4H3,(H,71,79)(H,89,90)/t34?,37?,40?,41-,46?,49?,50+,51+,52-,53-,54?,55?,56+,57?,58-,59-,60+,61-,62?,63+,64?,66+,67-,68-/m0/s1. The molecule has 3 saturated heterocycles. The Bertz CT molecular complexity index is 3260. The quantitative estimate of drug-likeness (QED) is 0.0348. The maximum Gasteiger partial charge on any atom is 0.332 e. The van der Waals surface area contributed by atoms with E-state index in [2.05, 4.69) is 25.9 Å². The lowest BCUT2D eigenvalue weighted by Gasteiger charge is -2.49. The van der Waals surface area contributed by atoms with Crippen molar-refractivity contribution in [3.63, 3.8) is 0 Å². The number of nitrogens with zero attached hydrogens (tertiary/aromatic N) is 6. The number of benzene rings is 2. The smallest absolute Gasteiger partial charge is 0.332 e. The summed E-state index contributed by atoms with van der Waals surface area (Å²) in [5, 5.41) is 120. The van der Waals surface area contributed by atoms with Crippen LogP contribution in [0.2, 0.25) is 0 Å². The molecule has 6 fully saturated rings. The molecule has 2 aromatic carbocycles. The summed E-state index contributed by atoms with van der Waals surface area (Å²) in [6, 6.07) is 7.97. The molecule has 24 atom stereocenters. The maximum absolute atomic E-state index is 14.4. The molecule has 10 rings (SSSR count). The number of aliphatic carboxylic acids is 1. The molecule has 30 heteroatoms. The number of carbonyl (C=O) groups excluding carboxylic acids is 3. The van der Waals surface area contributed by atoms with Crippen molar-refractivity contribution in [1.29, 1.82) is 0 Å². The van der Waals surface area contributed by atoms with Crippen LogP contribution in [0, 0.1) is 35.3 Å². The number of ether oxygens (including phenoxy) is 8. The first-order valence-corrected chi connectivity index (χ1v) is 34.5. The Kier molecular flexibility index (Phi) is 26.2. The molecule has 4 aromatic rings. The summed E-state index contributed by atoms with van der Waals surface area (Å²) in [6.07, 6.45) is -15.5. The highest BCUT2D eigenvalue weighted by Crippen LogP contribution is 2.43. The van der Waals surface area contributed by atoms with Crippen LogP contribution in [0.1, 0.15) is 143 Å². The number of aromatic nitrogens is 6. The average molecular weight is 1380 g/mol. The largest absolute Gasteiger partial charge is 0.479 e. The van der Waals surface area contributed by atoms with Crippen LogP contribution >= 0.6 is 0 Å². The Morgan fingerprint density at radius 3 is 1.85 bits per heavy atom. The lowest BCUT2D eigenvalue weighted by atomic mass is 9.74. The van der Waals surface area contributed by atoms with Crippen LogP contribution in [0.4, 0.5) is 8.78 Å². The van der Waals surface area contributed by atoms with Crippen LogP contribution in [-0.4, -0.2) is 236 Å². The number of amides is 1. The van der Waals surface area contributed by atoms with Gasteiger partial charge in [0.15, 0.2) is 25.0 Å². The molecule has 5 heterocycles. The van der Waals surface area contributed by atoms with Gasteiger partial charge in [-0.1, -0.05) is 87.1 Å². The van der Waals surface area contributed by atoms with Gasteiger partial charge in [0.1, 0.15) is 102 Å². The normalized spacial score (nSPS) is 35.2. The lowest BCUT2D eigenvalue weighted by Crippen LogP contribution is -2.67. The number of aliphatic hydroxyl groups excluding tert-OH is 8. The van der Waals surface area contributed by atoms with Gasteiger partial charge in [0, 0.05) is 55.9 Å². The Morgan fingerprint density at radius 2 is 1.24 bits per heavy atom. The predicted molar refractivity (Wildman–Crippen MR) is 338 cm³/mol. The minimum Gasteiger partial charge on any atom is -0.479 e. The van der Waals surface area contributed by atoms with E-state index in [4.69, 9.17) is 37.9 Å². The summed E-state index contributed by atoms with van der Waals surface area (Å²) >= 11 is 0. The highest BCUT2D eigenvalue weighted by atomic mass is 19.1. The van der Waals surface area contributed by atoms with Gasteiger partial charge in [-0.25, -0.2) is 22.9 Å². The van der Waals surface area contributed by atoms with E-state index in [-0.39, 0.29) is 101 Å². The first-order chi connectivity index (χ1) is 47.0. The van der Waals surface area contributed by atoms with Crippen molar-refractivity contribution in [2.75, 3.05) is 19.8 Å². The molecule has 542 valence electrons. The second-order valence-electron chi connectivity index (χ2n) is 27.2. The molecule has 98 heavy (non-hydrogen) atoms. The third kappa shape index (κ3) is 17.9. The van der Waals surface area contributed by atoms with E-state index in [1.54, 1.807) is 19.1 Å². The number of halogens is 2. The summed E-state index contributed by atoms with van der Waals surface area (Å²) in [6.45, 7) is 5.83. The van der Waals surface area contributed by atoms with E-state index in [0.29, 0.717) is 23.2 Å². The molecule has 0 spiro atoms. The molecule has 3 aliphatic carbocycles. The number of rotatable bonds is 29. The molecule has 2 aromatic heterocycles. The van der Waals surface area contributed by atoms with E-state index in [9.17, 15) is 73.9 Å². The molecule has 3 aliphatic heterocycles. The van der Waals surface area contributed by atoms with E-state index < -0.39 is 176 Å². The number of carbonyl (C=O) groups is 4. The molecule has 1 amide bonds. The molecule has 6 aliphatic rings.